The molecular formula is C25H26F7N3O3. The smallest absolute Gasteiger partial charge is 0.493 e. The lowest BCUT2D eigenvalue weighted by atomic mass is 9.65. The van der Waals surface area contributed by atoms with Crippen LogP contribution in [0.1, 0.15) is 36.8 Å². The molecule has 2 N–H and O–H groups in total. The van der Waals surface area contributed by atoms with Crippen molar-refractivity contribution >= 4 is 11.7 Å². The van der Waals surface area contributed by atoms with Gasteiger partial charge in [-0.15, -0.1) is 13.2 Å². The zero-order valence-corrected chi connectivity index (χ0v) is 20.5. The molecule has 1 saturated carbocycles. The van der Waals surface area contributed by atoms with Gasteiger partial charge in [-0.05, 0) is 75.2 Å². The second kappa shape index (κ2) is 10.2. The standard InChI is InChI=1S/C25H26F7N3O3/c1-35-8-7-23(14-3-4-19(37-2)20(11-14)38-25(30,31)32)6-5-17(13-21(23)35)33-22(36)34-18-10-15(24(27,28)29)9-16(26)12-18/h3-4,9-12,17,21H,5-8,13H2,1-2H3,(H2,33,34,36). The van der Waals surface area contributed by atoms with E-state index in [1.165, 1.54) is 19.2 Å². The number of likely N-dealkylation sites (N-methyl/N-ethyl adjacent to an activating group) is 1. The largest absolute Gasteiger partial charge is 0.573 e. The lowest BCUT2D eigenvalue weighted by molar-refractivity contribution is -0.275. The monoisotopic (exact) mass is 549 g/mol. The second-order valence-electron chi connectivity index (χ2n) is 9.61. The minimum atomic E-state index is -4.90. The quantitative estimate of drug-likeness (QED) is 0.445. The van der Waals surface area contributed by atoms with Crippen LogP contribution in [0.4, 0.5) is 41.2 Å². The average molecular weight is 549 g/mol. The maximum absolute atomic E-state index is 13.7. The summed E-state index contributed by atoms with van der Waals surface area (Å²) in [7, 11) is 3.13. The van der Waals surface area contributed by atoms with E-state index in [0.717, 1.165) is 6.07 Å². The summed E-state index contributed by atoms with van der Waals surface area (Å²) in [4.78, 5) is 14.6. The van der Waals surface area contributed by atoms with Gasteiger partial charge in [0.15, 0.2) is 11.5 Å². The molecule has 38 heavy (non-hydrogen) atoms. The summed E-state index contributed by atoms with van der Waals surface area (Å²) in [6, 6.07) is 4.98. The molecule has 0 bridgehead atoms. The van der Waals surface area contributed by atoms with Gasteiger partial charge >= 0.3 is 18.6 Å². The van der Waals surface area contributed by atoms with Crippen LogP contribution in [0.5, 0.6) is 11.5 Å². The Morgan fingerprint density at radius 2 is 1.79 bits per heavy atom. The summed E-state index contributed by atoms with van der Waals surface area (Å²) in [6.07, 6.45) is -7.55. The zero-order valence-electron chi connectivity index (χ0n) is 20.5. The molecule has 0 spiro atoms. The number of halogens is 7. The Labute approximate surface area is 214 Å². The van der Waals surface area contributed by atoms with Gasteiger partial charge in [-0.3, -0.25) is 0 Å². The highest BCUT2D eigenvalue weighted by atomic mass is 19.4. The van der Waals surface area contributed by atoms with Crippen molar-refractivity contribution in [3.8, 4) is 11.5 Å². The molecule has 6 nitrogen and oxygen atoms in total. The van der Waals surface area contributed by atoms with Crippen molar-refractivity contribution in [3.05, 3.63) is 53.3 Å². The van der Waals surface area contributed by atoms with E-state index in [9.17, 15) is 35.5 Å². The zero-order chi connectivity index (χ0) is 27.9. The molecule has 208 valence electrons. The fourth-order valence-electron chi connectivity index (χ4n) is 5.62. The van der Waals surface area contributed by atoms with Crippen molar-refractivity contribution in [2.75, 3.05) is 26.0 Å². The molecule has 0 radical (unpaired) electrons. The highest BCUT2D eigenvalue weighted by molar-refractivity contribution is 5.89. The summed E-state index contributed by atoms with van der Waals surface area (Å²) in [5, 5.41) is 4.99. The van der Waals surface area contributed by atoms with E-state index in [-0.39, 0.29) is 23.5 Å². The van der Waals surface area contributed by atoms with Crippen LogP contribution >= 0.6 is 0 Å². The van der Waals surface area contributed by atoms with Gasteiger partial charge < -0.3 is 25.0 Å². The predicted molar refractivity (Wildman–Crippen MR) is 124 cm³/mol. The number of hydrogen-bond donors (Lipinski definition) is 2. The highest BCUT2D eigenvalue weighted by Crippen LogP contribution is 2.50. The minimum absolute atomic E-state index is 0.0524. The van der Waals surface area contributed by atoms with E-state index in [1.54, 1.807) is 6.07 Å². The molecule has 3 unspecified atom stereocenters. The van der Waals surface area contributed by atoms with E-state index in [4.69, 9.17) is 4.74 Å². The molecule has 3 atom stereocenters. The number of nitrogens with one attached hydrogen (secondary N) is 2. The van der Waals surface area contributed by atoms with Crippen LogP contribution < -0.4 is 20.1 Å². The normalized spacial score (nSPS) is 24.0. The van der Waals surface area contributed by atoms with E-state index in [2.05, 4.69) is 20.3 Å². The minimum Gasteiger partial charge on any atom is -0.493 e. The third-order valence-electron chi connectivity index (χ3n) is 7.31. The van der Waals surface area contributed by atoms with Crippen molar-refractivity contribution in [2.24, 2.45) is 0 Å². The Morgan fingerprint density at radius 1 is 1.05 bits per heavy atom. The number of ether oxygens (including phenoxy) is 2. The van der Waals surface area contributed by atoms with E-state index < -0.39 is 41.1 Å². The van der Waals surface area contributed by atoms with Crippen LogP contribution in [-0.2, 0) is 11.6 Å². The summed E-state index contributed by atoms with van der Waals surface area (Å²) in [5.74, 6) is -1.63. The van der Waals surface area contributed by atoms with Gasteiger partial charge in [0.1, 0.15) is 5.82 Å². The molecule has 2 fully saturated rings. The van der Waals surface area contributed by atoms with Gasteiger partial charge in [0.05, 0.1) is 12.7 Å². The van der Waals surface area contributed by atoms with Crippen molar-refractivity contribution in [3.63, 3.8) is 0 Å². The number of likely N-dealkylation sites (tertiary alicyclic amines) is 1. The molecule has 1 saturated heterocycles. The fourth-order valence-corrected chi connectivity index (χ4v) is 5.62. The molecule has 1 heterocycles. The summed E-state index contributed by atoms with van der Waals surface area (Å²) in [5.41, 5.74) is -1.40. The van der Waals surface area contributed by atoms with Gasteiger partial charge in [-0.1, -0.05) is 6.07 Å². The maximum Gasteiger partial charge on any atom is 0.573 e. The number of hydrogen-bond acceptors (Lipinski definition) is 4. The topological polar surface area (TPSA) is 62.8 Å². The van der Waals surface area contributed by atoms with Gasteiger partial charge in [-0.2, -0.15) is 13.2 Å². The van der Waals surface area contributed by atoms with Gasteiger partial charge in [0.2, 0.25) is 0 Å². The van der Waals surface area contributed by atoms with Crippen LogP contribution in [0.25, 0.3) is 0 Å². The first-order valence-electron chi connectivity index (χ1n) is 11.8. The van der Waals surface area contributed by atoms with Crippen molar-refractivity contribution in [1.29, 1.82) is 0 Å². The predicted octanol–water partition coefficient (Wildman–Crippen LogP) is 6.07. The van der Waals surface area contributed by atoms with Crippen molar-refractivity contribution < 1.29 is 45.0 Å². The Kier molecular flexibility index (Phi) is 7.43. The van der Waals surface area contributed by atoms with Crippen LogP contribution in [0.3, 0.4) is 0 Å². The molecule has 4 rings (SSSR count). The van der Waals surface area contributed by atoms with Crippen molar-refractivity contribution in [2.45, 2.75) is 55.7 Å². The third kappa shape index (κ3) is 5.92. The second-order valence-corrected chi connectivity index (χ2v) is 9.61. The van der Waals surface area contributed by atoms with Crippen LogP contribution in [-0.4, -0.2) is 50.1 Å². The van der Waals surface area contributed by atoms with E-state index in [1.807, 2.05) is 7.05 Å². The van der Waals surface area contributed by atoms with Crippen LogP contribution in [0.2, 0.25) is 0 Å². The first-order valence-corrected chi connectivity index (χ1v) is 11.8. The Hall–Kier alpha value is -3.22. The fraction of sp³-hybridized carbons (Fsp3) is 0.480. The number of benzene rings is 2. The highest BCUT2D eigenvalue weighted by Gasteiger charge is 2.51. The number of fused-ring (bicyclic) bond motifs is 1. The number of methoxy groups -OCH3 is 1. The average Bonchev–Trinajstić information content (AvgIpc) is 3.14. The van der Waals surface area contributed by atoms with Crippen LogP contribution in [0, 0.1) is 5.82 Å². The summed E-state index contributed by atoms with van der Waals surface area (Å²) < 4.78 is 101. The Morgan fingerprint density at radius 3 is 2.45 bits per heavy atom. The number of carbonyl (C=O) groups is 1. The molecule has 2 aromatic carbocycles. The Balaban J connectivity index is 1.50. The lowest BCUT2D eigenvalue weighted by Gasteiger charge is -2.45. The Bertz CT molecular complexity index is 1190. The first-order chi connectivity index (χ1) is 17.7. The number of anilines is 1. The van der Waals surface area contributed by atoms with E-state index in [0.29, 0.717) is 49.9 Å². The number of alkyl halides is 6. The third-order valence-corrected chi connectivity index (χ3v) is 7.31. The summed E-state index contributed by atoms with van der Waals surface area (Å²) in [6.45, 7) is 0.675. The SMILES string of the molecule is COc1ccc(C23CCC(NC(=O)Nc4cc(F)cc(C(F)(F)F)c4)CC2N(C)CC3)cc1OC(F)(F)F. The van der Waals surface area contributed by atoms with Crippen molar-refractivity contribution in [1.82, 2.24) is 10.2 Å². The molecule has 2 aromatic rings. The first kappa shape index (κ1) is 27.8. The van der Waals surface area contributed by atoms with Gasteiger partial charge in [-0.25, -0.2) is 9.18 Å². The molecule has 2 aliphatic rings. The molecule has 2 amide bonds. The summed E-state index contributed by atoms with van der Waals surface area (Å²) >= 11 is 0. The number of urea groups is 1. The lowest BCUT2D eigenvalue weighted by Crippen LogP contribution is -2.52. The number of amides is 2. The van der Waals surface area contributed by atoms with Crippen LogP contribution in [0.15, 0.2) is 36.4 Å². The maximum atomic E-state index is 13.7. The molecule has 1 aliphatic heterocycles. The molecule has 0 aromatic heterocycles. The molecule has 13 heteroatoms. The van der Waals surface area contributed by atoms with Gasteiger partial charge in [0.25, 0.3) is 0 Å². The number of nitrogens with zero attached hydrogens (tertiary/aromatic N) is 1. The molecular weight excluding hydrogens is 523 g/mol. The van der Waals surface area contributed by atoms with Gasteiger partial charge in [0, 0.05) is 23.2 Å². The number of rotatable bonds is 5. The molecule has 1 aliphatic carbocycles. The van der Waals surface area contributed by atoms with E-state index >= 15 is 0 Å². The number of carbonyl (C=O) groups excluding carboxylic acids is 1.